The Bertz CT molecular complexity index is 1000. The molecule has 2 aromatic heterocycles. The predicted octanol–water partition coefficient (Wildman–Crippen LogP) is 3.99. The lowest BCUT2D eigenvalue weighted by atomic mass is 10.0. The Kier molecular flexibility index (Phi) is 5.40. The highest BCUT2D eigenvalue weighted by Gasteiger charge is 2.45. The van der Waals surface area contributed by atoms with Crippen molar-refractivity contribution in [3.8, 4) is 0 Å². The van der Waals surface area contributed by atoms with Crippen LogP contribution in [-0.4, -0.2) is 21.8 Å². The lowest BCUT2D eigenvalue weighted by Gasteiger charge is -2.19. The van der Waals surface area contributed by atoms with E-state index in [4.69, 9.17) is 0 Å². The van der Waals surface area contributed by atoms with Crippen LogP contribution in [0.15, 0.2) is 60.2 Å². The van der Waals surface area contributed by atoms with Gasteiger partial charge in [-0.25, -0.2) is 4.98 Å². The molecule has 6 nitrogen and oxygen atoms in total. The average Bonchev–Trinajstić information content (AvgIpc) is 3.30. The molecule has 7 heteroatoms. The Hall–Kier alpha value is -3.06. The van der Waals surface area contributed by atoms with Crippen molar-refractivity contribution in [2.24, 2.45) is 5.41 Å². The second-order valence-electron chi connectivity index (χ2n) is 7.54. The Morgan fingerprint density at radius 3 is 2.66 bits per heavy atom. The fourth-order valence-corrected chi connectivity index (χ4v) is 3.83. The van der Waals surface area contributed by atoms with Crippen LogP contribution >= 0.6 is 11.3 Å². The van der Waals surface area contributed by atoms with Gasteiger partial charge in [-0.05, 0) is 37.0 Å². The number of thiazole rings is 1. The van der Waals surface area contributed by atoms with Gasteiger partial charge in [-0.1, -0.05) is 37.3 Å². The molecule has 0 bridgehead atoms. The highest BCUT2D eigenvalue weighted by Crippen LogP contribution is 2.45. The van der Waals surface area contributed by atoms with Gasteiger partial charge in [0.1, 0.15) is 10.7 Å². The number of aromatic nitrogens is 2. The van der Waals surface area contributed by atoms with Crippen LogP contribution in [0.5, 0.6) is 0 Å². The van der Waals surface area contributed by atoms with E-state index in [2.05, 4.69) is 20.6 Å². The third-order valence-corrected chi connectivity index (χ3v) is 6.07. The molecule has 0 radical (unpaired) electrons. The molecule has 0 unspecified atom stereocenters. The van der Waals surface area contributed by atoms with Gasteiger partial charge in [-0.2, -0.15) is 0 Å². The maximum absolute atomic E-state index is 12.7. The highest BCUT2D eigenvalue weighted by molar-refractivity contribution is 7.10. The molecule has 2 N–H and O–H groups in total. The minimum Gasteiger partial charge on any atom is -0.346 e. The van der Waals surface area contributed by atoms with Gasteiger partial charge in [0.15, 0.2) is 0 Å². The van der Waals surface area contributed by atoms with Crippen molar-refractivity contribution in [3.05, 3.63) is 76.5 Å². The van der Waals surface area contributed by atoms with Crippen molar-refractivity contribution in [2.75, 3.05) is 5.32 Å². The maximum Gasteiger partial charge on any atom is 0.275 e. The molecule has 29 heavy (non-hydrogen) atoms. The first-order chi connectivity index (χ1) is 14.0. The summed E-state index contributed by atoms with van der Waals surface area (Å²) >= 11 is 1.39. The first-order valence-corrected chi connectivity index (χ1v) is 10.4. The fourth-order valence-electron chi connectivity index (χ4n) is 2.98. The van der Waals surface area contributed by atoms with E-state index in [0.29, 0.717) is 17.8 Å². The quantitative estimate of drug-likeness (QED) is 0.621. The van der Waals surface area contributed by atoms with Crippen LogP contribution < -0.4 is 10.6 Å². The number of hydrogen-bond acceptors (Lipinski definition) is 5. The van der Waals surface area contributed by atoms with E-state index in [1.165, 1.54) is 11.3 Å². The summed E-state index contributed by atoms with van der Waals surface area (Å²) in [5.74, 6) is -0.241. The third kappa shape index (κ3) is 4.68. The summed E-state index contributed by atoms with van der Waals surface area (Å²) in [6, 6.07) is 13.2. The van der Waals surface area contributed by atoms with Gasteiger partial charge in [0.05, 0.1) is 17.9 Å². The molecular formula is C22H22N4O2S. The monoisotopic (exact) mass is 406 g/mol. The molecule has 4 rings (SSSR count). The van der Waals surface area contributed by atoms with Crippen LogP contribution in [0.1, 0.15) is 46.9 Å². The van der Waals surface area contributed by atoms with E-state index < -0.39 is 0 Å². The lowest BCUT2D eigenvalue weighted by Crippen LogP contribution is -2.35. The second-order valence-corrected chi connectivity index (χ2v) is 8.43. The normalized spacial score (nSPS) is 15.3. The molecule has 1 aliphatic rings. The van der Waals surface area contributed by atoms with Gasteiger partial charge < -0.3 is 10.6 Å². The van der Waals surface area contributed by atoms with Crippen LogP contribution in [0.3, 0.4) is 0 Å². The first-order valence-electron chi connectivity index (χ1n) is 9.55. The smallest absolute Gasteiger partial charge is 0.275 e. The molecule has 1 atom stereocenters. The van der Waals surface area contributed by atoms with E-state index in [9.17, 15) is 9.59 Å². The minimum absolute atomic E-state index is 0.0509. The number of rotatable bonds is 7. The van der Waals surface area contributed by atoms with Crippen molar-refractivity contribution >= 4 is 28.8 Å². The number of pyridine rings is 1. The number of carbonyl (C=O) groups is 2. The molecule has 2 heterocycles. The summed E-state index contributed by atoms with van der Waals surface area (Å²) in [6.45, 7) is 1.98. The van der Waals surface area contributed by atoms with Crippen LogP contribution in [0.25, 0.3) is 0 Å². The molecule has 1 aliphatic carbocycles. The number of nitrogens with one attached hydrogen (secondary N) is 2. The Morgan fingerprint density at radius 1 is 1.17 bits per heavy atom. The number of amides is 2. The highest BCUT2D eigenvalue weighted by atomic mass is 32.1. The number of hydrogen-bond donors (Lipinski definition) is 2. The van der Waals surface area contributed by atoms with Crippen molar-refractivity contribution < 1.29 is 9.59 Å². The maximum atomic E-state index is 12.7. The Balaban J connectivity index is 1.52. The second kappa shape index (κ2) is 8.13. The van der Waals surface area contributed by atoms with Crippen LogP contribution in [0.4, 0.5) is 5.69 Å². The molecule has 3 aromatic rings. The van der Waals surface area contributed by atoms with E-state index in [-0.39, 0.29) is 23.3 Å². The summed E-state index contributed by atoms with van der Waals surface area (Å²) in [4.78, 5) is 33.7. The molecule has 1 fully saturated rings. The largest absolute Gasteiger partial charge is 0.346 e. The molecule has 0 saturated heterocycles. The minimum atomic E-state index is -0.292. The zero-order chi connectivity index (χ0) is 20.3. The van der Waals surface area contributed by atoms with E-state index >= 15 is 0 Å². The predicted molar refractivity (Wildman–Crippen MR) is 113 cm³/mol. The summed E-state index contributed by atoms with van der Waals surface area (Å²) < 4.78 is 0. The number of benzene rings is 1. The van der Waals surface area contributed by atoms with Crippen molar-refractivity contribution in [3.63, 3.8) is 0 Å². The zero-order valence-electron chi connectivity index (χ0n) is 16.1. The van der Waals surface area contributed by atoms with E-state index in [0.717, 1.165) is 23.4 Å². The van der Waals surface area contributed by atoms with Gasteiger partial charge in [0, 0.05) is 17.0 Å². The molecule has 1 aromatic carbocycles. The third-order valence-electron chi connectivity index (χ3n) is 5.11. The van der Waals surface area contributed by atoms with Crippen molar-refractivity contribution in [1.29, 1.82) is 0 Å². The van der Waals surface area contributed by atoms with Gasteiger partial charge in [0.25, 0.3) is 5.91 Å². The molecular weight excluding hydrogens is 384 g/mol. The summed E-state index contributed by atoms with van der Waals surface area (Å²) in [5, 5.41) is 8.40. The molecule has 2 amide bonds. The topological polar surface area (TPSA) is 84.0 Å². The standard InChI is InChI=1S/C22H22N4O2S/c1-22(9-10-22)21(28)26-17(12-15-6-3-2-4-7-15)20-25-18(14-29-20)19(27)24-16-8-5-11-23-13-16/h2-8,11,13-14,17H,9-10,12H2,1H3,(H,24,27)(H,26,28)/t17-/m0/s1. The van der Waals surface area contributed by atoms with Crippen LogP contribution in [0, 0.1) is 5.41 Å². The van der Waals surface area contributed by atoms with Gasteiger partial charge >= 0.3 is 0 Å². The molecule has 0 aliphatic heterocycles. The lowest BCUT2D eigenvalue weighted by molar-refractivity contribution is -0.126. The fraction of sp³-hybridized carbons (Fsp3) is 0.273. The van der Waals surface area contributed by atoms with Crippen molar-refractivity contribution in [1.82, 2.24) is 15.3 Å². The number of anilines is 1. The van der Waals surface area contributed by atoms with E-state index in [1.54, 1.807) is 29.9 Å². The Labute approximate surface area is 173 Å². The van der Waals surface area contributed by atoms with Gasteiger partial charge in [-0.3, -0.25) is 14.6 Å². The Morgan fingerprint density at radius 2 is 1.97 bits per heavy atom. The van der Waals surface area contributed by atoms with Crippen LogP contribution in [0.2, 0.25) is 0 Å². The van der Waals surface area contributed by atoms with E-state index in [1.807, 2.05) is 37.3 Å². The molecule has 0 spiro atoms. The SMILES string of the molecule is CC1(C(=O)N[C@@H](Cc2ccccc2)c2nc(C(=O)Nc3cccnc3)cs2)CC1. The molecule has 1 saturated carbocycles. The number of carbonyl (C=O) groups excluding carboxylic acids is 2. The molecule has 148 valence electrons. The average molecular weight is 407 g/mol. The van der Waals surface area contributed by atoms with Gasteiger partial charge in [0.2, 0.25) is 5.91 Å². The number of nitrogens with zero attached hydrogens (tertiary/aromatic N) is 2. The van der Waals surface area contributed by atoms with Crippen LogP contribution in [-0.2, 0) is 11.2 Å². The van der Waals surface area contributed by atoms with Gasteiger partial charge in [-0.15, -0.1) is 11.3 Å². The summed E-state index contributed by atoms with van der Waals surface area (Å²) in [5.41, 5.74) is 1.78. The van der Waals surface area contributed by atoms with Crippen molar-refractivity contribution in [2.45, 2.75) is 32.2 Å². The summed E-state index contributed by atoms with van der Waals surface area (Å²) in [7, 11) is 0. The zero-order valence-corrected chi connectivity index (χ0v) is 16.9. The summed E-state index contributed by atoms with van der Waals surface area (Å²) in [6.07, 6.45) is 5.68. The first kappa shape index (κ1) is 19.3.